The number of hydrogen-bond acceptors (Lipinski definition) is 2. The molecular formula is C9H9BrN2O. The Kier molecular flexibility index (Phi) is 2.09. The summed E-state index contributed by atoms with van der Waals surface area (Å²) in [6.45, 7) is 0.0667. The van der Waals surface area contributed by atoms with Gasteiger partial charge in [-0.05, 0) is 33.6 Å². The van der Waals surface area contributed by atoms with Gasteiger partial charge in [0.2, 0.25) is 0 Å². The van der Waals surface area contributed by atoms with Crippen LogP contribution in [-0.4, -0.2) is 14.9 Å². The summed E-state index contributed by atoms with van der Waals surface area (Å²) in [6.07, 6.45) is 0. The summed E-state index contributed by atoms with van der Waals surface area (Å²) in [5, 5.41) is 14.2. The first-order chi connectivity index (χ1) is 6.22. The number of nitrogens with zero attached hydrogens (tertiary/aromatic N) is 2. The molecule has 0 amide bonds. The first kappa shape index (κ1) is 8.72. The molecule has 0 aliphatic rings. The van der Waals surface area contributed by atoms with E-state index in [1.54, 1.807) is 4.68 Å². The fraction of sp³-hybridized carbons (Fsp3) is 0.222. The molecule has 0 radical (unpaired) electrons. The summed E-state index contributed by atoms with van der Waals surface area (Å²) < 4.78 is 2.63. The van der Waals surface area contributed by atoms with E-state index in [1.807, 2.05) is 25.2 Å². The highest BCUT2D eigenvalue weighted by Crippen LogP contribution is 2.23. The number of fused-ring (bicyclic) bond motifs is 1. The fourth-order valence-electron chi connectivity index (χ4n) is 1.37. The lowest BCUT2D eigenvalue weighted by Crippen LogP contribution is -1.89. The van der Waals surface area contributed by atoms with Crippen molar-refractivity contribution in [3.63, 3.8) is 0 Å². The van der Waals surface area contributed by atoms with Gasteiger partial charge in [-0.25, -0.2) is 0 Å². The molecule has 0 saturated carbocycles. The number of aliphatic hydroxyl groups excluding tert-OH is 1. The lowest BCUT2D eigenvalue weighted by molar-refractivity contribution is 0.282. The van der Waals surface area contributed by atoms with E-state index in [2.05, 4.69) is 21.0 Å². The first-order valence-corrected chi connectivity index (χ1v) is 4.73. The smallest absolute Gasteiger partial charge is 0.135 e. The van der Waals surface area contributed by atoms with Crippen LogP contribution in [0, 0.1) is 0 Å². The molecule has 0 fully saturated rings. The molecule has 2 aromatic rings. The Morgan fingerprint density at radius 3 is 3.00 bits per heavy atom. The van der Waals surface area contributed by atoms with Gasteiger partial charge in [0.05, 0.1) is 12.1 Å². The molecule has 0 saturated heterocycles. The lowest BCUT2D eigenvalue weighted by atomic mass is 10.2. The predicted octanol–water partition coefficient (Wildman–Crippen LogP) is 1.83. The molecule has 13 heavy (non-hydrogen) atoms. The molecule has 2 rings (SSSR count). The van der Waals surface area contributed by atoms with E-state index in [4.69, 9.17) is 5.11 Å². The maximum atomic E-state index is 8.95. The van der Waals surface area contributed by atoms with Gasteiger partial charge in [-0.15, -0.1) is 0 Å². The zero-order chi connectivity index (χ0) is 9.42. The third kappa shape index (κ3) is 1.36. The van der Waals surface area contributed by atoms with Crippen molar-refractivity contribution in [3.05, 3.63) is 28.4 Å². The number of aryl methyl sites for hydroxylation is 1. The van der Waals surface area contributed by atoms with Crippen molar-refractivity contribution >= 4 is 26.8 Å². The van der Waals surface area contributed by atoms with Crippen molar-refractivity contribution in [1.82, 2.24) is 9.78 Å². The number of rotatable bonds is 1. The Hall–Kier alpha value is -0.870. The van der Waals surface area contributed by atoms with Crippen molar-refractivity contribution in [1.29, 1.82) is 0 Å². The van der Waals surface area contributed by atoms with Gasteiger partial charge in [0.1, 0.15) is 4.60 Å². The molecule has 3 nitrogen and oxygen atoms in total. The Labute approximate surface area is 84.1 Å². The van der Waals surface area contributed by atoms with E-state index < -0.39 is 0 Å². The summed E-state index contributed by atoms with van der Waals surface area (Å²) in [5.41, 5.74) is 1.96. The molecule has 1 N–H and O–H groups in total. The summed E-state index contributed by atoms with van der Waals surface area (Å²) >= 11 is 3.37. The van der Waals surface area contributed by atoms with Gasteiger partial charge in [-0.2, -0.15) is 5.10 Å². The SMILES string of the molecule is Cn1nc(Br)c2cc(CO)ccc21. The van der Waals surface area contributed by atoms with Gasteiger partial charge < -0.3 is 5.11 Å². The maximum Gasteiger partial charge on any atom is 0.135 e. The van der Waals surface area contributed by atoms with E-state index in [-0.39, 0.29) is 6.61 Å². The van der Waals surface area contributed by atoms with Crippen LogP contribution in [0.5, 0.6) is 0 Å². The van der Waals surface area contributed by atoms with Crippen LogP contribution in [0.25, 0.3) is 10.9 Å². The van der Waals surface area contributed by atoms with Gasteiger partial charge >= 0.3 is 0 Å². The molecule has 0 aliphatic heterocycles. The van der Waals surface area contributed by atoms with Crippen LogP contribution >= 0.6 is 15.9 Å². The first-order valence-electron chi connectivity index (χ1n) is 3.94. The van der Waals surface area contributed by atoms with E-state index in [0.29, 0.717) is 0 Å². The minimum absolute atomic E-state index is 0.0667. The van der Waals surface area contributed by atoms with Crippen LogP contribution in [0.4, 0.5) is 0 Å². The van der Waals surface area contributed by atoms with Crippen LogP contribution < -0.4 is 0 Å². The molecule has 1 aromatic carbocycles. The minimum atomic E-state index is 0.0667. The van der Waals surface area contributed by atoms with Crippen molar-refractivity contribution in [2.24, 2.45) is 7.05 Å². The van der Waals surface area contributed by atoms with E-state index >= 15 is 0 Å². The van der Waals surface area contributed by atoms with Crippen LogP contribution in [-0.2, 0) is 13.7 Å². The molecule has 68 valence electrons. The standard InChI is InChI=1S/C9H9BrN2O/c1-12-8-3-2-6(5-13)4-7(8)9(10)11-12/h2-4,13H,5H2,1H3. The van der Waals surface area contributed by atoms with Crippen molar-refractivity contribution in [2.45, 2.75) is 6.61 Å². The lowest BCUT2D eigenvalue weighted by Gasteiger charge is -1.96. The Balaban J connectivity index is 2.76. The molecule has 0 spiro atoms. The zero-order valence-corrected chi connectivity index (χ0v) is 8.74. The second kappa shape index (κ2) is 3.12. The summed E-state index contributed by atoms with van der Waals surface area (Å²) in [5.74, 6) is 0. The second-order valence-electron chi connectivity index (χ2n) is 2.92. The third-order valence-corrected chi connectivity index (χ3v) is 2.64. The van der Waals surface area contributed by atoms with Crippen LogP contribution in [0.1, 0.15) is 5.56 Å². The molecule has 0 bridgehead atoms. The fourth-order valence-corrected chi connectivity index (χ4v) is 1.92. The summed E-state index contributed by atoms with van der Waals surface area (Å²) in [4.78, 5) is 0. The van der Waals surface area contributed by atoms with Crippen LogP contribution in [0.3, 0.4) is 0 Å². The molecule has 0 aliphatic carbocycles. The number of benzene rings is 1. The molecular weight excluding hydrogens is 232 g/mol. The van der Waals surface area contributed by atoms with E-state index in [1.165, 1.54) is 0 Å². The normalized spacial score (nSPS) is 11.0. The highest BCUT2D eigenvalue weighted by Gasteiger charge is 2.05. The molecule has 0 unspecified atom stereocenters. The number of hydrogen-bond donors (Lipinski definition) is 1. The van der Waals surface area contributed by atoms with E-state index in [9.17, 15) is 0 Å². The van der Waals surface area contributed by atoms with E-state index in [0.717, 1.165) is 21.1 Å². The largest absolute Gasteiger partial charge is 0.392 e. The predicted molar refractivity (Wildman–Crippen MR) is 54.3 cm³/mol. The van der Waals surface area contributed by atoms with Gasteiger partial charge in [0.25, 0.3) is 0 Å². The molecule has 0 atom stereocenters. The summed E-state index contributed by atoms with van der Waals surface area (Å²) in [7, 11) is 1.89. The van der Waals surface area contributed by atoms with Crippen molar-refractivity contribution < 1.29 is 5.11 Å². The highest BCUT2D eigenvalue weighted by molar-refractivity contribution is 9.10. The maximum absolute atomic E-state index is 8.95. The molecule has 1 aromatic heterocycles. The molecule has 1 heterocycles. The minimum Gasteiger partial charge on any atom is -0.392 e. The topological polar surface area (TPSA) is 38.0 Å². The van der Waals surface area contributed by atoms with Crippen LogP contribution in [0.2, 0.25) is 0 Å². The number of aliphatic hydroxyl groups is 1. The second-order valence-corrected chi connectivity index (χ2v) is 3.68. The molecule has 4 heteroatoms. The van der Waals surface area contributed by atoms with Crippen molar-refractivity contribution in [3.8, 4) is 0 Å². The van der Waals surface area contributed by atoms with Gasteiger partial charge in [-0.3, -0.25) is 4.68 Å². The van der Waals surface area contributed by atoms with Gasteiger partial charge in [-0.1, -0.05) is 6.07 Å². The van der Waals surface area contributed by atoms with Gasteiger partial charge in [0, 0.05) is 12.4 Å². The van der Waals surface area contributed by atoms with Gasteiger partial charge in [0.15, 0.2) is 0 Å². The average molecular weight is 241 g/mol. The average Bonchev–Trinajstić information content (AvgIpc) is 2.42. The van der Waals surface area contributed by atoms with Crippen molar-refractivity contribution in [2.75, 3.05) is 0 Å². The zero-order valence-electron chi connectivity index (χ0n) is 7.16. The Bertz CT molecular complexity index is 450. The Morgan fingerprint density at radius 2 is 2.31 bits per heavy atom. The number of aromatic nitrogens is 2. The number of halogens is 1. The van der Waals surface area contributed by atoms with Crippen LogP contribution in [0.15, 0.2) is 22.8 Å². The highest BCUT2D eigenvalue weighted by atomic mass is 79.9. The summed E-state index contributed by atoms with van der Waals surface area (Å²) in [6, 6.07) is 5.79. The quantitative estimate of drug-likeness (QED) is 0.827. The third-order valence-electron chi connectivity index (χ3n) is 2.05. The Morgan fingerprint density at radius 1 is 1.54 bits per heavy atom. The monoisotopic (exact) mass is 240 g/mol.